The van der Waals surface area contributed by atoms with Crippen molar-refractivity contribution < 1.29 is 9.18 Å². The second kappa shape index (κ2) is 4.49. The van der Waals surface area contributed by atoms with E-state index in [0.717, 1.165) is 5.69 Å². The van der Waals surface area contributed by atoms with Crippen molar-refractivity contribution in [2.75, 3.05) is 18.5 Å². The van der Waals surface area contributed by atoms with E-state index >= 15 is 0 Å². The maximum Gasteiger partial charge on any atom is 0.239 e. The molecule has 4 nitrogen and oxygen atoms in total. The van der Waals surface area contributed by atoms with Gasteiger partial charge >= 0.3 is 0 Å². The Morgan fingerprint density at radius 3 is 2.38 bits per heavy atom. The normalized spacial score (nSPS) is 14.2. The van der Waals surface area contributed by atoms with Crippen molar-refractivity contribution in [3.63, 3.8) is 0 Å². The van der Waals surface area contributed by atoms with Gasteiger partial charge in [0.05, 0.1) is 0 Å². The molecule has 0 saturated heterocycles. The Kier molecular flexibility index (Phi) is 3.49. The lowest BCUT2D eigenvalue weighted by atomic mass is 10.0. The molecule has 0 spiro atoms. The quantitative estimate of drug-likeness (QED) is 0.782. The summed E-state index contributed by atoms with van der Waals surface area (Å²) in [6, 6.07) is 5.94. The van der Waals surface area contributed by atoms with Crippen molar-refractivity contribution in [1.29, 1.82) is 0 Å². The predicted molar refractivity (Wildman–Crippen MR) is 61.5 cm³/mol. The van der Waals surface area contributed by atoms with Gasteiger partial charge in [0.1, 0.15) is 11.4 Å². The monoisotopic (exact) mass is 225 g/mol. The Labute approximate surface area is 94.0 Å². The number of benzene rings is 1. The van der Waals surface area contributed by atoms with Gasteiger partial charge in [-0.05, 0) is 31.2 Å². The van der Waals surface area contributed by atoms with Gasteiger partial charge < -0.3 is 16.4 Å². The van der Waals surface area contributed by atoms with Crippen LogP contribution in [0.3, 0.4) is 0 Å². The van der Waals surface area contributed by atoms with Gasteiger partial charge in [-0.1, -0.05) is 0 Å². The predicted octanol–water partition coefficient (Wildman–Crippen LogP) is 0.465. The Hall–Kier alpha value is -1.62. The lowest BCUT2D eigenvalue weighted by molar-refractivity contribution is -0.122. The van der Waals surface area contributed by atoms with E-state index in [4.69, 9.17) is 11.5 Å². The Morgan fingerprint density at radius 2 is 1.94 bits per heavy atom. The first-order chi connectivity index (χ1) is 7.33. The van der Waals surface area contributed by atoms with E-state index in [0.29, 0.717) is 0 Å². The molecule has 1 unspecified atom stereocenters. The topological polar surface area (TPSA) is 72.3 Å². The lowest BCUT2D eigenvalue weighted by Gasteiger charge is -2.28. The number of halogens is 1. The molecule has 0 heterocycles. The number of nitrogens with two attached hydrogens (primary N) is 2. The largest absolute Gasteiger partial charge is 0.372 e. The Bertz CT molecular complexity index is 375. The molecular formula is C11H16FN3O. The van der Waals surface area contributed by atoms with Crippen LogP contribution in [-0.4, -0.2) is 25.0 Å². The third kappa shape index (κ3) is 2.93. The zero-order chi connectivity index (χ0) is 12.3. The van der Waals surface area contributed by atoms with Crippen LogP contribution < -0.4 is 16.4 Å². The number of rotatable bonds is 4. The number of carbonyl (C=O) groups is 1. The molecule has 0 fully saturated rings. The first-order valence-electron chi connectivity index (χ1n) is 4.88. The third-order valence-corrected chi connectivity index (χ3v) is 2.40. The molecule has 0 aliphatic heterocycles. The summed E-state index contributed by atoms with van der Waals surface area (Å²) in [6.07, 6.45) is 0. The summed E-state index contributed by atoms with van der Waals surface area (Å²) in [5.41, 5.74) is 10.6. The lowest BCUT2D eigenvalue weighted by Crippen LogP contribution is -2.56. The maximum absolute atomic E-state index is 12.7. The zero-order valence-corrected chi connectivity index (χ0v) is 9.40. The average molecular weight is 225 g/mol. The molecule has 0 radical (unpaired) electrons. The van der Waals surface area contributed by atoms with Crippen LogP contribution >= 0.6 is 0 Å². The molecule has 0 aromatic heterocycles. The van der Waals surface area contributed by atoms with Gasteiger partial charge in [-0.3, -0.25) is 4.79 Å². The minimum absolute atomic E-state index is 0.272. The SMILES string of the molecule is CN(CC(C)(N)C(N)=O)c1ccc(F)cc1. The first kappa shape index (κ1) is 12.4. The van der Waals surface area contributed by atoms with Gasteiger partial charge in [0.2, 0.25) is 5.91 Å². The van der Waals surface area contributed by atoms with Crippen LogP contribution in [0.15, 0.2) is 24.3 Å². The molecule has 0 bridgehead atoms. The average Bonchev–Trinajstić information content (AvgIpc) is 2.17. The van der Waals surface area contributed by atoms with Crippen molar-refractivity contribution in [1.82, 2.24) is 0 Å². The molecule has 0 aliphatic rings. The Morgan fingerprint density at radius 1 is 1.44 bits per heavy atom. The second-order valence-electron chi connectivity index (χ2n) is 4.11. The number of hydrogen-bond acceptors (Lipinski definition) is 3. The molecule has 1 aromatic rings. The van der Waals surface area contributed by atoms with E-state index in [2.05, 4.69) is 0 Å². The number of primary amides is 1. The molecule has 1 rings (SSSR count). The van der Waals surface area contributed by atoms with E-state index in [-0.39, 0.29) is 12.4 Å². The molecule has 1 aromatic carbocycles. The van der Waals surface area contributed by atoms with Crippen LogP contribution in [0.2, 0.25) is 0 Å². The van der Waals surface area contributed by atoms with Gasteiger partial charge in [-0.15, -0.1) is 0 Å². The highest BCUT2D eigenvalue weighted by atomic mass is 19.1. The highest BCUT2D eigenvalue weighted by Crippen LogP contribution is 2.15. The van der Waals surface area contributed by atoms with Crippen molar-refractivity contribution in [2.24, 2.45) is 11.5 Å². The highest BCUT2D eigenvalue weighted by Gasteiger charge is 2.27. The molecule has 4 N–H and O–H groups in total. The van der Waals surface area contributed by atoms with Crippen LogP contribution in [0.4, 0.5) is 10.1 Å². The number of likely N-dealkylation sites (N-methyl/N-ethyl adjacent to an activating group) is 1. The number of anilines is 1. The smallest absolute Gasteiger partial charge is 0.239 e. The molecule has 0 aliphatic carbocycles. The standard InChI is InChI=1S/C11H16FN3O/c1-11(14,10(13)16)7-15(2)9-5-3-8(12)4-6-9/h3-6H,7,14H2,1-2H3,(H2,13,16). The number of amides is 1. The molecule has 0 saturated carbocycles. The van der Waals surface area contributed by atoms with Crippen molar-refractivity contribution in [3.8, 4) is 0 Å². The summed E-state index contributed by atoms with van der Waals surface area (Å²) < 4.78 is 12.7. The van der Waals surface area contributed by atoms with E-state index in [1.165, 1.54) is 12.1 Å². The first-order valence-corrected chi connectivity index (χ1v) is 4.88. The molecule has 1 amide bonds. The highest BCUT2D eigenvalue weighted by molar-refractivity contribution is 5.84. The summed E-state index contributed by atoms with van der Waals surface area (Å²) >= 11 is 0. The van der Waals surface area contributed by atoms with Gasteiger partial charge in [0, 0.05) is 19.3 Å². The fourth-order valence-corrected chi connectivity index (χ4v) is 1.36. The summed E-state index contributed by atoms with van der Waals surface area (Å²) in [5, 5.41) is 0. The number of hydrogen-bond donors (Lipinski definition) is 2. The van der Waals surface area contributed by atoms with E-state index in [1.807, 2.05) is 0 Å². The molecule has 16 heavy (non-hydrogen) atoms. The summed E-state index contributed by atoms with van der Waals surface area (Å²) in [4.78, 5) is 12.8. The molecule has 5 heteroatoms. The second-order valence-corrected chi connectivity index (χ2v) is 4.11. The van der Waals surface area contributed by atoms with Crippen LogP contribution in [0, 0.1) is 5.82 Å². The van der Waals surface area contributed by atoms with Crippen molar-refractivity contribution in [2.45, 2.75) is 12.5 Å². The third-order valence-electron chi connectivity index (χ3n) is 2.40. The van der Waals surface area contributed by atoms with Gasteiger partial charge in [-0.2, -0.15) is 0 Å². The molecule has 88 valence electrons. The summed E-state index contributed by atoms with van der Waals surface area (Å²) in [7, 11) is 1.77. The number of carbonyl (C=O) groups excluding carboxylic acids is 1. The summed E-state index contributed by atoms with van der Waals surface area (Å²) in [6.45, 7) is 1.84. The fourth-order valence-electron chi connectivity index (χ4n) is 1.36. The minimum atomic E-state index is -1.11. The zero-order valence-electron chi connectivity index (χ0n) is 9.40. The van der Waals surface area contributed by atoms with E-state index in [1.54, 1.807) is 31.0 Å². The fraction of sp³-hybridized carbons (Fsp3) is 0.364. The molecule has 1 atom stereocenters. The maximum atomic E-state index is 12.7. The summed E-state index contributed by atoms with van der Waals surface area (Å²) in [5.74, 6) is -0.871. The van der Waals surface area contributed by atoms with Crippen molar-refractivity contribution in [3.05, 3.63) is 30.1 Å². The van der Waals surface area contributed by atoms with Crippen LogP contribution in [0.1, 0.15) is 6.92 Å². The van der Waals surface area contributed by atoms with Crippen LogP contribution in [0.25, 0.3) is 0 Å². The molecular weight excluding hydrogens is 209 g/mol. The van der Waals surface area contributed by atoms with Crippen LogP contribution in [0.5, 0.6) is 0 Å². The van der Waals surface area contributed by atoms with Crippen molar-refractivity contribution >= 4 is 11.6 Å². The van der Waals surface area contributed by atoms with E-state index in [9.17, 15) is 9.18 Å². The van der Waals surface area contributed by atoms with E-state index < -0.39 is 11.4 Å². The van der Waals surface area contributed by atoms with Gasteiger partial charge in [0.15, 0.2) is 0 Å². The Balaban J connectivity index is 2.76. The van der Waals surface area contributed by atoms with Crippen LogP contribution in [-0.2, 0) is 4.79 Å². The van der Waals surface area contributed by atoms with Gasteiger partial charge in [-0.25, -0.2) is 4.39 Å². The number of nitrogens with zero attached hydrogens (tertiary/aromatic N) is 1. The minimum Gasteiger partial charge on any atom is -0.372 e. The van der Waals surface area contributed by atoms with Gasteiger partial charge in [0.25, 0.3) is 0 Å².